The van der Waals surface area contributed by atoms with Crippen LogP contribution in [0.4, 0.5) is 11.4 Å². The van der Waals surface area contributed by atoms with Gasteiger partial charge in [-0.15, -0.1) is 0 Å². The summed E-state index contributed by atoms with van der Waals surface area (Å²) >= 11 is 0. The van der Waals surface area contributed by atoms with Crippen LogP contribution in [0.2, 0.25) is 0 Å². The zero-order chi connectivity index (χ0) is 22.4. The third-order valence-corrected chi connectivity index (χ3v) is 5.77. The number of amides is 1. The predicted molar refractivity (Wildman–Crippen MR) is 118 cm³/mol. The van der Waals surface area contributed by atoms with Gasteiger partial charge in [0.2, 0.25) is 0 Å². The highest BCUT2D eigenvalue weighted by Crippen LogP contribution is 2.30. The summed E-state index contributed by atoms with van der Waals surface area (Å²) in [6.45, 7) is 0. The maximum absolute atomic E-state index is 12.7. The number of carbonyl (C=O) groups excluding carboxylic acids is 1. The van der Waals surface area contributed by atoms with Crippen molar-refractivity contribution in [1.29, 1.82) is 0 Å². The number of carbonyl (C=O) groups is 1. The summed E-state index contributed by atoms with van der Waals surface area (Å²) in [6.07, 6.45) is 0. The van der Waals surface area contributed by atoms with E-state index >= 15 is 0 Å². The van der Waals surface area contributed by atoms with Crippen LogP contribution in [0.15, 0.2) is 71.6 Å². The van der Waals surface area contributed by atoms with Gasteiger partial charge >= 0.3 is 0 Å². The summed E-state index contributed by atoms with van der Waals surface area (Å²) in [5, 5.41) is 2.77. The Morgan fingerprint density at radius 2 is 1.48 bits per heavy atom. The number of anilines is 2. The molecular formula is C22H22N2O6S. The summed E-state index contributed by atoms with van der Waals surface area (Å²) in [7, 11) is 0.580. The standard InChI is InChI=1S/C22H22N2O6S/c1-28-18-6-4-5-17(13-18)23-22(25)15-7-9-16(10-8-15)24-31(26,27)19-11-12-20(29-2)21(14-19)30-3/h4-14,24H,1-3H3,(H,23,25). The van der Waals surface area contributed by atoms with Crippen LogP contribution >= 0.6 is 0 Å². The molecule has 9 heteroatoms. The van der Waals surface area contributed by atoms with E-state index in [1.54, 1.807) is 31.4 Å². The Balaban J connectivity index is 1.73. The number of rotatable bonds is 8. The Morgan fingerprint density at radius 3 is 2.13 bits per heavy atom. The van der Waals surface area contributed by atoms with E-state index in [4.69, 9.17) is 14.2 Å². The van der Waals surface area contributed by atoms with E-state index in [1.807, 2.05) is 0 Å². The average molecular weight is 442 g/mol. The van der Waals surface area contributed by atoms with Crippen molar-refractivity contribution in [3.05, 3.63) is 72.3 Å². The van der Waals surface area contributed by atoms with Crippen LogP contribution < -0.4 is 24.2 Å². The first-order valence-corrected chi connectivity index (χ1v) is 10.6. The van der Waals surface area contributed by atoms with Crippen molar-refractivity contribution in [1.82, 2.24) is 0 Å². The first kappa shape index (κ1) is 22.0. The minimum absolute atomic E-state index is 0.0185. The lowest BCUT2D eigenvalue weighted by Crippen LogP contribution is -2.14. The molecule has 31 heavy (non-hydrogen) atoms. The fourth-order valence-electron chi connectivity index (χ4n) is 2.79. The number of ether oxygens (including phenoxy) is 3. The Kier molecular flexibility index (Phi) is 6.66. The molecule has 3 aromatic rings. The third kappa shape index (κ3) is 5.26. The summed E-state index contributed by atoms with van der Waals surface area (Å²) in [4.78, 5) is 12.5. The van der Waals surface area contributed by atoms with E-state index in [2.05, 4.69) is 10.0 Å². The molecule has 8 nitrogen and oxygen atoms in total. The van der Waals surface area contributed by atoms with Crippen molar-refractivity contribution in [2.75, 3.05) is 31.4 Å². The number of methoxy groups -OCH3 is 3. The summed E-state index contributed by atoms with van der Waals surface area (Å²) in [6, 6.07) is 17.4. The van der Waals surface area contributed by atoms with Gasteiger partial charge in [0.25, 0.3) is 15.9 Å². The Labute approximate surface area is 180 Å². The molecule has 0 aliphatic carbocycles. The molecule has 0 bridgehead atoms. The van der Waals surface area contributed by atoms with Crippen LogP contribution in [0.1, 0.15) is 10.4 Å². The normalized spacial score (nSPS) is 10.8. The molecule has 2 N–H and O–H groups in total. The molecule has 0 aromatic heterocycles. The molecule has 1 amide bonds. The van der Waals surface area contributed by atoms with Crippen molar-refractivity contribution >= 4 is 27.3 Å². The second kappa shape index (κ2) is 9.40. The average Bonchev–Trinajstić information content (AvgIpc) is 2.78. The van der Waals surface area contributed by atoms with Gasteiger partial charge in [-0.25, -0.2) is 8.42 Å². The number of sulfonamides is 1. The van der Waals surface area contributed by atoms with Crippen LogP contribution in [0.3, 0.4) is 0 Å². The van der Waals surface area contributed by atoms with Crippen LogP contribution in [-0.4, -0.2) is 35.7 Å². The van der Waals surface area contributed by atoms with Crippen molar-refractivity contribution in [3.63, 3.8) is 0 Å². The topological polar surface area (TPSA) is 103 Å². The fraction of sp³-hybridized carbons (Fsp3) is 0.136. The van der Waals surface area contributed by atoms with Gasteiger partial charge in [0.05, 0.1) is 26.2 Å². The molecule has 0 saturated carbocycles. The van der Waals surface area contributed by atoms with Crippen molar-refractivity contribution in [3.8, 4) is 17.2 Å². The zero-order valence-corrected chi connectivity index (χ0v) is 18.0. The lowest BCUT2D eigenvalue weighted by atomic mass is 10.2. The molecule has 3 aromatic carbocycles. The number of benzene rings is 3. The summed E-state index contributed by atoms with van der Waals surface area (Å²) in [5.74, 6) is 1.02. The van der Waals surface area contributed by atoms with Gasteiger partial charge in [0.1, 0.15) is 5.75 Å². The SMILES string of the molecule is COc1cccc(NC(=O)c2ccc(NS(=O)(=O)c3ccc(OC)c(OC)c3)cc2)c1. The second-order valence-corrected chi connectivity index (χ2v) is 8.07. The molecule has 0 saturated heterocycles. The van der Waals surface area contributed by atoms with Crippen LogP contribution in [0.5, 0.6) is 17.2 Å². The number of hydrogen-bond acceptors (Lipinski definition) is 6. The van der Waals surface area contributed by atoms with Crippen LogP contribution in [0.25, 0.3) is 0 Å². The minimum Gasteiger partial charge on any atom is -0.497 e. The van der Waals surface area contributed by atoms with Gasteiger partial charge in [-0.1, -0.05) is 6.07 Å². The Hall–Kier alpha value is -3.72. The Bertz CT molecular complexity index is 1180. The molecule has 0 radical (unpaired) electrons. The molecule has 162 valence electrons. The molecule has 0 spiro atoms. The first-order valence-electron chi connectivity index (χ1n) is 9.16. The van der Waals surface area contributed by atoms with Crippen molar-refractivity contribution < 1.29 is 27.4 Å². The Morgan fingerprint density at radius 1 is 0.774 bits per heavy atom. The van der Waals surface area contributed by atoms with E-state index in [0.29, 0.717) is 34.2 Å². The van der Waals surface area contributed by atoms with Crippen LogP contribution in [-0.2, 0) is 10.0 Å². The molecule has 0 aliphatic rings. The molecule has 0 atom stereocenters. The maximum Gasteiger partial charge on any atom is 0.262 e. The van der Waals surface area contributed by atoms with Crippen molar-refractivity contribution in [2.24, 2.45) is 0 Å². The number of nitrogens with one attached hydrogen (secondary N) is 2. The van der Waals surface area contributed by atoms with Crippen molar-refractivity contribution in [2.45, 2.75) is 4.90 Å². The third-order valence-electron chi connectivity index (χ3n) is 4.39. The smallest absolute Gasteiger partial charge is 0.262 e. The fourth-order valence-corrected chi connectivity index (χ4v) is 3.87. The van der Waals surface area contributed by atoms with Gasteiger partial charge in [0, 0.05) is 29.1 Å². The lowest BCUT2D eigenvalue weighted by molar-refractivity contribution is 0.102. The van der Waals surface area contributed by atoms with E-state index in [9.17, 15) is 13.2 Å². The quantitative estimate of drug-likeness (QED) is 0.551. The summed E-state index contributed by atoms with van der Waals surface area (Å²) in [5.41, 5.74) is 1.27. The lowest BCUT2D eigenvalue weighted by Gasteiger charge is -2.12. The molecule has 3 rings (SSSR count). The monoisotopic (exact) mass is 442 g/mol. The summed E-state index contributed by atoms with van der Waals surface area (Å²) < 4.78 is 43.3. The molecule has 0 unspecified atom stereocenters. The van der Waals surface area contributed by atoms with E-state index in [1.165, 1.54) is 56.7 Å². The highest BCUT2D eigenvalue weighted by Gasteiger charge is 2.17. The first-order chi connectivity index (χ1) is 14.9. The van der Waals surface area contributed by atoms with Gasteiger partial charge in [-0.2, -0.15) is 0 Å². The van der Waals surface area contributed by atoms with Gasteiger partial charge in [-0.05, 0) is 48.5 Å². The molecule has 0 heterocycles. The molecule has 0 fully saturated rings. The molecular weight excluding hydrogens is 420 g/mol. The highest BCUT2D eigenvalue weighted by molar-refractivity contribution is 7.92. The van der Waals surface area contributed by atoms with Gasteiger partial charge in [0.15, 0.2) is 11.5 Å². The molecule has 0 aliphatic heterocycles. The maximum atomic E-state index is 12.7. The van der Waals surface area contributed by atoms with Gasteiger partial charge in [-0.3, -0.25) is 9.52 Å². The van der Waals surface area contributed by atoms with Gasteiger partial charge < -0.3 is 19.5 Å². The second-order valence-electron chi connectivity index (χ2n) is 6.39. The minimum atomic E-state index is -3.86. The van der Waals surface area contributed by atoms with Crippen LogP contribution in [0, 0.1) is 0 Å². The number of hydrogen-bond donors (Lipinski definition) is 2. The van der Waals surface area contributed by atoms with E-state index < -0.39 is 10.0 Å². The van der Waals surface area contributed by atoms with E-state index in [0.717, 1.165) is 0 Å². The highest BCUT2D eigenvalue weighted by atomic mass is 32.2. The van der Waals surface area contributed by atoms with E-state index in [-0.39, 0.29) is 10.8 Å². The predicted octanol–water partition coefficient (Wildman–Crippen LogP) is 3.77. The largest absolute Gasteiger partial charge is 0.497 e. The zero-order valence-electron chi connectivity index (χ0n) is 17.2.